The van der Waals surface area contributed by atoms with E-state index in [2.05, 4.69) is 34.9 Å². The maximum Gasteiger partial charge on any atom is 0.335 e. The first-order chi connectivity index (χ1) is 15.0. The van der Waals surface area contributed by atoms with Crippen molar-refractivity contribution in [1.82, 2.24) is 10.6 Å². The van der Waals surface area contributed by atoms with E-state index >= 15 is 0 Å². The van der Waals surface area contributed by atoms with Crippen LogP contribution in [-0.2, 0) is 21.4 Å². The van der Waals surface area contributed by atoms with Crippen LogP contribution < -0.4 is 10.6 Å². The topological polar surface area (TPSA) is 67.4 Å². The molecule has 0 bridgehead atoms. The maximum absolute atomic E-state index is 12.6. The lowest BCUT2D eigenvalue weighted by Crippen LogP contribution is -2.42. The van der Waals surface area contributed by atoms with E-state index in [1.807, 2.05) is 6.07 Å². The van der Waals surface area contributed by atoms with Gasteiger partial charge in [-0.15, -0.1) is 0 Å². The van der Waals surface area contributed by atoms with Crippen molar-refractivity contribution in [3.8, 4) is 0 Å². The minimum atomic E-state index is -0.316. The van der Waals surface area contributed by atoms with Gasteiger partial charge in [-0.05, 0) is 74.5 Å². The van der Waals surface area contributed by atoms with Gasteiger partial charge >= 0.3 is 5.97 Å². The molecule has 0 aliphatic heterocycles. The predicted molar refractivity (Wildman–Crippen MR) is 124 cm³/mol. The van der Waals surface area contributed by atoms with Crippen LogP contribution >= 0.6 is 12.2 Å². The van der Waals surface area contributed by atoms with Crippen LogP contribution in [0.25, 0.3) is 0 Å². The largest absolute Gasteiger partial charge is 0.463 e. The molecule has 1 atom stereocenters. The monoisotopic (exact) mass is 434 g/mol. The molecule has 6 heteroatoms. The smallest absolute Gasteiger partial charge is 0.335 e. The molecule has 0 saturated carbocycles. The molecule has 2 aliphatic rings. The van der Waals surface area contributed by atoms with E-state index in [0.29, 0.717) is 30.6 Å². The fourth-order valence-electron chi connectivity index (χ4n) is 4.75. The summed E-state index contributed by atoms with van der Waals surface area (Å²) in [7, 11) is 0. The van der Waals surface area contributed by atoms with Crippen LogP contribution in [0.1, 0.15) is 54.1 Å². The van der Waals surface area contributed by atoms with E-state index in [1.165, 1.54) is 11.1 Å². The van der Waals surface area contributed by atoms with Crippen LogP contribution in [0.5, 0.6) is 0 Å². The van der Waals surface area contributed by atoms with Crippen LogP contribution in [0.2, 0.25) is 0 Å². The lowest BCUT2D eigenvalue weighted by Gasteiger charge is -2.37. The van der Waals surface area contributed by atoms with E-state index in [0.717, 1.165) is 25.0 Å². The molecule has 0 radical (unpaired) electrons. The standard InChI is InChI=1S/C25H26N2O3S/c1-2-30-23(29)19-13-15-25(14-12-17-8-6-7-11-20(17)25)16-21(19)26-24(31)27-22(28)18-9-4-3-5-10-18/h3-11H,2,12-16H2,1H3,(H2,26,27,28,31). The minimum Gasteiger partial charge on any atom is -0.463 e. The van der Waals surface area contributed by atoms with Crippen LogP contribution in [0.3, 0.4) is 0 Å². The van der Waals surface area contributed by atoms with Crippen molar-refractivity contribution in [2.75, 3.05) is 6.61 Å². The highest BCUT2D eigenvalue weighted by Gasteiger charge is 2.43. The number of hydrogen-bond acceptors (Lipinski definition) is 4. The quantitative estimate of drug-likeness (QED) is 0.558. The number of carbonyl (C=O) groups is 2. The molecule has 31 heavy (non-hydrogen) atoms. The summed E-state index contributed by atoms with van der Waals surface area (Å²) in [5.74, 6) is -0.601. The molecule has 4 rings (SSSR count). The number of carbonyl (C=O) groups excluding carboxylic acids is 2. The highest BCUT2D eigenvalue weighted by molar-refractivity contribution is 7.80. The van der Waals surface area contributed by atoms with Crippen molar-refractivity contribution in [2.24, 2.45) is 0 Å². The predicted octanol–water partition coefficient (Wildman–Crippen LogP) is 4.18. The molecule has 0 saturated heterocycles. The van der Waals surface area contributed by atoms with Crippen molar-refractivity contribution in [3.63, 3.8) is 0 Å². The average molecular weight is 435 g/mol. The third-order valence-corrected chi connectivity index (χ3v) is 6.45. The van der Waals surface area contributed by atoms with Gasteiger partial charge in [0.2, 0.25) is 0 Å². The van der Waals surface area contributed by atoms with E-state index in [-0.39, 0.29) is 22.4 Å². The lowest BCUT2D eigenvalue weighted by atomic mass is 9.69. The van der Waals surface area contributed by atoms with Crippen molar-refractivity contribution < 1.29 is 14.3 Å². The summed E-state index contributed by atoms with van der Waals surface area (Å²) in [5.41, 5.74) is 4.61. The molecule has 1 spiro atoms. The number of esters is 1. The molecule has 0 heterocycles. The van der Waals surface area contributed by atoms with Gasteiger partial charge in [0.15, 0.2) is 5.11 Å². The van der Waals surface area contributed by atoms with Crippen LogP contribution in [-0.4, -0.2) is 23.6 Å². The van der Waals surface area contributed by atoms with E-state index in [4.69, 9.17) is 17.0 Å². The number of thiocarbonyl (C=S) groups is 1. The number of benzene rings is 2. The van der Waals surface area contributed by atoms with Gasteiger partial charge in [0, 0.05) is 16.7 Å². The maximum atomic E-state index is 12.6. The highest BCUT2D eigenvalue weighted by atomic mass is 32.1. The molecule has 5 nitrogen and oxygen atoms in total. The van der Waals surface area contributed by atoms with Gasteiger partial charge in [-0.1, -0.05) is 42.5 Å². The Hall–Kier alpha value is -2.99. The Morgan fingerprint density at radius 3 is 2.52 bits per heavy atom. The second-order valence-corrected chi connectivity index (χ2v) is 8.47. The molecule has 2 N–H and O–H groups in total. The van der Waals surface area contributed by atoms with Gasteiger partial charge in [-0.25, -0.2) is 4.79 Å². The fourth-order valence-corrected chi connectivity index (χ4v) is 4.97. The Kier molecular flexibility index (Phi) is 6.18. The van der Waals surface area contributed by atoms with Gasteiger partial charge < -0.3 is 10.1 Å². The summed E-state index contributed by atoms with van der Waals surface area (Å²) in [6.45, 7) is 2.12. The number of allylic oxidation sites excluding steroid dienone is 1. The summed E-state index contributed by atoms with van der Waals surface area (Å²) < 4.78 is 5.30. The van der Waals surface area contributed by atoms with Crippen LogP contribution in [0, 0.1) is 0 Å². The first-order valence-corrected chi connectivity index (χ1v) is 11.1. The molecule has 2 aromatic rings. The molecule has 0 aromatic heterocycles. The van der Waals surface area contributed by atoms with E-state index < -0.39 is 0 Å². The fraction of sp³-hybridized carbons (Fsp3) is 0.320. The third kappa shape index (κ3) is 4.39. The second-order valence-electron chi connectivity index (χ2n) is 8.07. The molecule has 2 aliphatic carbocycles. The summed E-state index contributed by atoms with van der Waals surface area (Å²) in [5, 5.41) is 6.09. The van der Waals surface area contributed by atoms with Crippen molar-refractivity contribution in [3.05, 3.63) is 82.6 Å². The van der Waals surface area contributed by atoms with E-state index in [1.54, 1.807) is 31.2 Å². The Balaban J connectivity index is 1.57. The van der Waals surface area contributed by atoms with Gasteiger partial charge in [0.1, 0.15) is 0 Å². The molecular formula is C25H26N2O3S. The number of nitrogens with one attached hydrogen (secondary N) is 2. The van der Waals surface area contributed by atoms with Gasteiger partial charge in [-0.2, -0.15) is 0 Å². The van der Waals surface area contributed by atoms with E-state index in [9.17, 15) is 9.59 Å². The van der Waals surface area contributed by atoms with Crippen LogP contribution in [0.4, 0.5) is 0 Å². The molecule has 2 aromatic carbocycles. The first-order valence-electron chi connectivity index (χ1n) is 10.7. The van der Waals surface area contributed by atoms with Gasteiger partial charge in [0.25, 0.3) is 5.91 Å². The number of rotatable bonds is 4. The Bertz CT molecular complexity index is 1050. The zero-order valence-corrected chi connectivity index (χ0v) is 18.4. The average Bonchev–Trinajstić information content (AvgIpc) is 3.12. The molecular weight excluding hydrogens is 408 g/mol. The van der Waals surface area contributed by atoms with Crippen molar-refractivity contribution in [2.45, 2.75) is 44.4 Å². The summed E-state index contributed by atoms with van der Waals surface area (Å²) in [4.78, 5) is 25.1. The van der Waals surface area contributed by atoms with Crippen molar-refractivity contribution in [1.29, 1.82) is 0 Å². The van der Waals surface area contributed by atoms with Gasteiger partial charge in [-0.3, -0.25) is 10.1 Å². The summed E-state index contributed by atoms with van der Waals surface area (Å²) >= 11 is 5.43. The summed E-state index contributed by atoms with van der Waals surface area (Å²) in [6, 6.07) is 17.5. The summed E-state index contributed by atoms with van der Waals surface area (Å²) in [6.07, 6.45) is 4.25. The number of amides is 1. The molecule has 0 fully saturated rings. The Morgan fingerprint density at radius 2 is 1.74 bits per heavy atom. The lowest BCUT2D eigenvalue weighted by molar-refractivity contribution is -0.138. The zero-order valence-electron chi connectivity index (χ0n) is 17.6. The number of hydrogen-bond donors (Lipinski definition) is 2. The van der Waals surface area contributed by atoms with Crippen molar-refractivity contribution >= 4 is 29.2 Å². The zero-order chi connectivity index (χ0) is 21.8. The SMILES string of the molecule is CCOC(=O)C1=C(NC(=S)NC(=O)c2ccccc2)CC2(CC1)CCc1ccccc12. The molecule has 1 unspecified atom stereocenters. The Morgan fingerprint density at radius 1 is 1.03 bits per heavy atom. The van der Waals surface area contributed by atoms with Crippen LogP contribution in [0.15, 0.2) is 65.9 Å². The molecule has 160 valence electrons. The number of fused-ring (bicyclic) bond motifs is 2. The first kappa shape index (κ1) is 21.2. The third-order valence-electron chi connectivity index (χ3n) is 6.24. The number of aryl methyl sites for hydroxylation is 1. The minimum absolute atomic E-state index is 0.0199. The van der Waals surface area contributed by atoms with Gasteiger partial charge in [0.05, 0.1) is 12.2 Å². The second kappa shape index (κ2) is 9.02. The Labute approximate surface area is 187 Å². The number of ether oxygens (including phenoxy) is 1. The normalized spacial score (nSPS) is 19.6. The molecule has 1 amide bonds. The highest BCUT2D eigenvalue weighted by Crippen LogP contribution is 2.49.